The van der Waals surface area contributed by atoms with Gasteiger partial charge in [0.05, 0.1) is 9.79 Å². The number of phenolic OH excluding ortho intramolecular Hbond substituents is 1. The first-order chi connectivity index (χ1) is 14.6. The number of aromatic hydroxyl groups is 1. The molecule has 9 nitrogen and oxygen atoms in total. The van der Waals surface area contributed by atoms with E-state index in [0.29, 0.717) is 10.8 Å². The van der Waals surface area contributed by atoms with Crippen LogP contribution in [0.25, 0.3) is 21.5 Å². The van der Waals surface area contributed by atoms with Crippen LogP contribution in [0.2, 0.25) is 0 Å². The molecule has 0 bridgehead atoms. The maximum absolute atomic E-state index is 11.9. The Bertz CT molecular complexity index is 1600. The standard InChI is InChI=1S/C20H14N2O7S2.Sr/c23-18-10-6-13-11-14(30(24,25)26)7-8-15(13)19(18)22-21-17-9-5-12-3-1-2-4-16(12)20(17)31(27,28)29;/h1-11,23H,(H,24,25,26)(H,27,28,29);/q;+2/p-2. The van der Waals surface area contributed by atoms with Crippen LogP contribution < -0.4 is 0 Å². The van der Waals surface area contributed by atoms with Crippen molar-refractivity contribution in [3.8, 4) is 5.75 Å². The van der Waals surface area contributed by atoms with Crippen molar-refractivity contribution in [1.29, 1.82) is 0 Å². The van der Waals surface area contributed by atoms with Gasteiger partial charge >= 0.3 is 45.5 Å². The fourth-order valence-electron chi connectivity index (χ4n) is 3.22. The molecule has 12 heteroatoms. The van der Waals surface area contributed by atoms with Crippen molar-refractivity contribution >= 4 is 98.6 Å². The predicted molar refractivity (Wildman–Crippen MR) is 115 cm³/mol. The van der Waals surface area contributed by atoms with E-state index in [0.717, 1.165) is 12.1 Å². The van der Waals surface area contributed by atoms with Crippen LogP contribution in [0.1, 0.15) is 0 Å². The Morgan fingerprint density at radius 3 is 2.09 bits per heavy atom. The summed E-state index contributed by atoms with van der Waals surface area (Å²) in [6.07, 6.45) is 0. The van der Waals surface area contributed by atoms with Crippen LogP contribution in [0.15, 0.2) is 86.7 Å². The molecule has 1 N–H and O–H groups in total. The number of phenols is 1. The monoisotopic (exact) mass is 544 g/mol. The second-order valence-corrected chi connectivity index (χ2v) is 9.26. The fourth-order valence-corrected chi connectivity index (χ4v) is 4.54. The zero-order chi connectivity index (χ0) is 22.4. The van der Waals surface area contributed by atoms with Crippen LogP contribution in [0.5, 0.6) is 5.75 Å². The van der Waals surface area contributed by atoms with Crippen LogP contribution in [0.3, 0.4) is 0 Å². The molecule has 0 amide bonds. The Hall–Kier alpha value is -1.90. The number of benzene rings is 4. The Kier molecular flexibility index (Phi) is 7.08. The first kappa shape index (κ1) is 24.7. The van der Waals surface area contributed by atoms with Crippen molar-refractivity contribution in [2.75, 3.05) is 0 Å². The molecule has 4 aromatic rings. The van der Waals surface area contributed by atoms with Crippen molar-refractivity contribution in [3.63, 3.8) is 0 Å². The van der Waals surface area contributed by atoms with E-state index in [9.17, 15) is 31.0 Å². The summed E-state index contributed by atoms with van der Waals surface area (Å²) in [7, 11) is -9.59. The molecule has 0 saturated carbocycles. The molecule has 0 unspecified atom stereocenters. The van der Waals surface area contributed by atoms with E-state index in [-0.39, 0.29) is 73.4 Å². The van der Waals surface area contributed by atoms with Gasteiger partial charge in [-0.05, 0) is 35.0 Å². The smallest absolute Gasteiger partial charge is 0.744 e. The first-order valence-corrected chi connectivity index (χ1v) is 11.5. The molecule has 32 heavy (non-hydrogen) atoms. The van der Waals surface area contributed by atoms with E-state index in [1.807, 2.05) is 0 Å². The molecule has 0 aliphatic rings. The normalized spacial score (nSPS) is 12.3. The second kappa shape index (κ2) is 9.15. The maximum atomic E-state index is 11.9. The Morgan fingerprint density at radius 2 is 1.41 bits per heavy atom. The predicted octanol–water partition coefficient (Wildman–Crippen LogP) is 3.54. The van der Waals surface area contributed by atoms with E-state index < -0.39 is 30.0 Å². The van der Waals surface area contributed by atoms with E-state index in [2.05, 4.69) is 10.2 Å². The fraction of sp³-hybridized carbons (Fsp3) is 0. The summed E-state index contributed by atoms with van der Waals surface area (Å²) in [5.74, 6) is -0.318. The summed E-state index contributed by atoms with van der Waals surface area (Å²) in [5, 5.41) is 19.3. The van der Waals surface area contributed by atoms with Gasteiger partial charge in [0.1, 0.15) is 37.4 Å². The SMILES string of the molecule is O=S(=O)([O-])c1ccc2c(N=Nc3ccc4ccccc4c3S(=O)(=O)[O-])c(O)ccc2c1.[Sr+2]. The van der Waals surface area contributed by atoms with E-state index in [4.69, 9.17) is 0 Å². The van der Waals surface area contributed by atoms with Gasteiger partial charge in [-0.1, -0.05) is 42.5 Å². The molecule has 0 saturated heterocycles. The topological polar surface area (TPSA) is 159 Å². The van der Waals surface area contributed by atoms with Crippen molar-refractivity contribution in [2.24, 2.45) is 10.2 Å². The third-order valence-electron chi connectivity index (χ3n) is 4.60. The van der Waals surface area contributed by atoms with Gasteiger partial charge in [-0.15, -0.1) is 10.2 Å². The third kappa shape index (κ3) is 4.87. The molecule has 0 radical (unpaired) electrons. The molecule has 0 fully saturated rings. The summed E-state index contributed by atoms with van der Waals surface area (Å²) >= 11 is 0. The first-order valence-electron chi connectivity index (χ1n) is 8.67. The Morgan fingerprint density at radius 1 is 0.719 bits per heavy atom. The van der Waals surface area contributed by atoms with Crippen molar-refractivity contribution in [2.45, 2.75) is 9.79 Å². The Balaban J connectivity index is 0.00000289. The Labute approximate surface area is 220 Å². The second-order valence-electron chi connectivity index (χ2n) is 6.56. The number of hydrogen-bond acceptors (Lipinski definition) is 9. The molecule has 4 aromatic carbocycles. The van der Waals surface area contributed by atoms with Gasteiger partial charge in [0.15, 0.2) is 0 Å². The summed E-state index contributed by atoms with van der Waals surface area (Å²) in [6, 6.07) is 15.4. The van der Waals surface area contributed by atoms with Gasteiger partial charge in [0, 0.05) is 10.8 Å². The minimum absolute atomic E-state index is 0. The average Bonchev–Trinajstić information content (AvgIpc) is 2.70. The molecular formula is C20H12N2O7S2Sr. The van der Waals surface area contributed by atoms with Crippen LogP contribution in [-0.2, 0) is 20.2 Å². The molecule has 0 aliphatic carbocycles. The average molecular weight is 544 g/mol. The zero-order valence-electron chi connectivity index (χ0n) is 16.2. The van der Waals surface area contributed by atoms with Crippen molar-refractivity contribution in [3.05, 3.63) is 66.7 Å². The number of rotatable bonds is 4. The molecular weight excluding hydrogens is 532 g/mol. The number of azo groups is 1. The largest absolute Gasteiger partial charge is 2.00 e. The molecule has 0 spiro atoms. The van der Waals surface area contributed by atoms with Crippen LogP contribution >= 0.6 is 0 Å². The molecule has 0 atom stereocenters. The van der Waals surface area contributed by atoms with Gasteiger partial charge in [-0.3, -0.25) is 0 Å². The van der Waals surface area contributed by atoms with Gasteiger partial charge < -0.3 is 14.2 Å². The third-order valence-corrected chi connectivity index (χ3v) is 6.36. The van der Waals surface area contributed by atoms with E-state index >= 15 is 0 Å². The number of fused-ring (bicyclic) bond motifs is 2. The van der Waals surface area contributed by atoms with Gasteiger partial charge in [-0.25, -0.2) is 16.8 Å². The molecule has 0 heterocycles. The molecule has 4 rings (SSSR count). The number of nitrogens with zero attached hydrogens (tertiary/aromatic N) is 2. The zero-order valence-corrected chi connectivity index (χ0v) is 21.3. The minimum Gasteiger partial charge on any atom is -0.744 e. The van der Waals surface area contributed by atoms with E-state index in [1.54, 1.807) is 24.3 Å². The summed E-state index contributed by atoms with van der Waals surface area (Å²) in [4.78, 5) is -1.00. The summed E-state index contributed by atoms with van der Waals surface area (Å²) < 4.78 is 69.4. The summed E-state index contributed by atoms with van der Waals surface area (Å²) in [6.45, 7) is 0. The van der Waals surface area contributed by atoms with E-state index in [1.165, 1.54) is 30.3 Å². The molecule has 0 aliphatic heterocycles. The summed E-state index contributed by atoms with van der Waals surface area (Å²) in [5.41, 5.74) is -0.307. The molecule has 158 valence electrons. The van der Waals surface area contributed by atoms with Crippen molar-refractivity contribution in [1.82, 2.24) is 0 Å². The minimum atomic E-state index is -4.91. The van der Waals surface area contributed by atoms with Crippen LogP contribution in [0, 0.1) is 0 Å². The van der Waals surface area contributed by atoms with Gasteiger partial charge in [0.2, 0.25) is 0 Å². The quantitative estimate of drug-likeness (QED) is 0.234. The van der Waals surface area contributed by atoms with Gasteiger partial charge in [-0.2, -0.15) is 0 Å². The number of hydrogen-bond donors (Lipinski definition) is 1. The van der Waals surface area contributed by atoms with Crippen molar-refractivity contribution < 1.29 is 31.0 Å². The van der Waals surface area contributed by atoms with Crippen LogP contribution in [-0.4, -0.2) is 76.5 Å². The maximum Gasteiger partial charge on any atom is 2.00 e. The molecule has 0 aromatic heterocycles. The van der Waals surface area contributed by atoms with Gasteiger partial charge in [0.25, 0.3) is 0 Å². The van der Waals surface area contributed by atoms with Crippen LogP contribution in [0.4, 0.5) is 11.4 Å².